The Balaban J connectivity index is 1.51. The van der Waals surface area contributed by atoms with Crippen LogP contribution in [0.5, 0.6) is 5.75 Å². The van der Waals surface area contributed by atoms with Crippen molar-refractivity contribution in [3.63, 3.8) is 0 Å². The molecule has 2 heterocycles. The van der Waals surface area contributed by atoms with E-state index in [1.54, 1.807) is 13.4 Å². The summed E-state index contributed by atoms with van der Waals surface area (Å²) in [6.07, 6.45) is 3.06. The number of nitrogens with zero attached hydrogens (tertiary/aromatic N) is 1. The molecule has 0 spiro atoms. The summed E-state index contributed by atoms with van der Waals surface area (Å²) in [5.41, 5.74) is 1.58. The van der Waals surface area contributed by atoms with Crippen molar-refractivity contribution in [2.45, 2.75) is 38.3 Å². The van der Waals surface area contributed by atoms with Gasteiger partial charge in [-0.1, -0.05) is 17.3 Å². The summed E-state index contributed by atoms with van der Waals surface area (Å²) >= 11 is 0. The van der Waals surface area contributed by atoms with Gasteiger partial charge in [0.05, 0.1) is 19.1 Å². The highest BCUT2D eigenvalue weighted by Gasteiger charge is 2.30. The molecule has 6 heteroatoms. The average Bonchev–Trinajstić information content (AvgIpc) is 3.31. The molecule has 1 aromatic heterocycles. The second-order valence-corrected chi connectivity index (χ2v) is 6.06. The van der Waals surface area contributed by atoms with Gasteiger partial charge in [-0.25, -0.2) is 0 Å². The number of hydrogen-bond acceptors (Lipinski definition) is 5. The van der Waals surface area contributed by atoms with Crippen LogP contribution >= 0.6 is 0 Å². The molecular formula is C19H22N2O4. The normalized spacial score (nSPS) is 17.5. The number of carbonyl (C=O) groups is 1. The summed E-state index contributed by atoms with van der Waals surface area (Å²) in [7, 11) is 1.61. The summed E-state index contributed by atoms with van der Waals surface area (Å²) in [6, 6.07) is 11.4. The second-order valence-electron chi connectivity index (χ2n) is 6.06. The minimum atomic E-state index is -0.606. The number of ether oxygens (including phenoxy) is 1. The van der Waals surface area contributed by atoms with Crippen LogP contribution in [0.15, 0.2) is 52.2 Å². The molecule has 132 valence electrons. The van der Waals surface area contributed by atoms with Gasteiger partial charge in [-0.05, 0) is 37.6 Å². The Hall–Kier alpha value is -2.76. The molecule has 1 amide bonds. The SMILES string of the molecule is COc1ccccc1C1=NO[C@H](C(=O)N[C@H](C)CCc2ccco2)C1. The summed E-state index contributed by atoms with van der Waals surface area (Å²) in [5.74, 6) is 1.48. The third-order valence-corrected chi connectivity index (χ3v) is 4.17. The van der Waals surface area contributed by atoms with Crippen molar-refractivity contribution < 1.29 is 18.8 Å². The first-order valence-corrected chi connectivity index (χ1v) is 8.36. The van der Waals surface area contributed by atoms with Gasteiger partial charge in [0.15, 0.2) is 0 Å². The van der Waals surface area contributed by atoms with Gasteiger partial charge >= 0.3 is 0 Å². The van der Waals surface area contributed by atoms with Gasteiger partial charge in [0.2, 0.25) is 6.10 Å². The molecule has 0 aliphatic carbocycles. The van der Waals surface area contributed by atoms with E-state index in [9.17, 15) is 4.79 Å². The fraction of sp³-hybridized carbons (Fsp3) is 0.368. The summed E-state index contributed by atoms with van der Waals surface area (Å²) in [4.78, 5) is 17.7. The van der Waals surface area contributed by atoms with Gasteiger partial charge < -0.3 is 19.3 Å². The highest BCUT2D eigenvalue weighted by Crippen LogP contribution is 2.24. The largest absolute Gasteiger partial charge is 0.496 e. The molecule has 1 aliphatic rings. The van der Waals surface area contributed by atoms with Gasteiger partial charge in [-0.3, -0.25) is 4.79 Å². The Labute approximate surface area is 146 Å². The number of para-hydroxylation sites is 1. The van der Waals surface area contributed by atoms with Crippen LogP contribution < -0.4 is 10.1 Å². The number of rotatable bonds is 7. The number of oxime groups is 1. The first-order valence-electron chi connectivity index (χ1n) is 8.36. The van der Waals surface area contributed by atoms with E-state index in [0.717, 1.165) is 35.6 Å². The highest BCUT2D eigenvalue weighted by atomic mass is 16.6. The number of amides is 1. The lowest BCUT2D eigenvalue weighted by Crippen LogP contribution is -2.40. The Kier molecular flexibility index (Phi) is 5.38. The molecule has 2 atom stereocenters. The Bertz CT molecular complexity index is 740. The number of nitrogens with one attached hydrogen (secondary N) is 1. The van der Waals surface area contributed by atoms with Crippen LogP contribution in [0.3, 0.4) is 0 Å². The van der Waals surface area contributed by atoms with Gasteiger partial charge in [-0.2, -0.15) is 0 Å². The molecule has 2 aromatic rings. The van der Waals surface area contributed by atoms with Crippen LogP contribution in [-0.2, 0) is 16.1 Å². The third kappa shape index (κ3) is 4.21. The Morgan fingerprint density at radius 1 is 1.36 bits per heavy atom. The van der Waals surface area contributed by atoms with Crippen molar-refractivity contribution in [1.82, 2.24) is 5.32 Å². The number of furan rings is 1. The zero-order valence-corrected chi connectivity index (χ0v) is 14.4. The summed E-state index contributed by atoms with van der Waals surface area (Å²) in [6.45, 7) is 1.97. The van der Waals surface area contributed by atoms with E-state index in [4.69, 9.17) is 14.0 Å². The van der Waals surface area contributed by atoms with E-state index in [-0.39, 0.29) is 11.9 Å². The van der Waals surface area contributed by atoms with Crippen molar-refractivity contribution >= 4 is 11.6 Å². The van der Waals surface area contributed by atoms with Gasteiger partial charge in [-0.15, -0.1) is 0 Å². The minimum Gasteiger partial charge on any atom is -0.496 e. The molecular weight excluding hydrogens is 320 g/mol. The predicted octanol–water partition coefficient (Wildman–Crippen LogP) is 2.92. The van der Waals surface area contributed by atoms with Crippen molar-refractivity contribution in [3.05, 3.63) is 54.0 Å². The fourth-order valence-corrected chi connectivity index (χ4v) is 2.78. The topological polar surface area (TPSA) is 73.1 Å². The van der Waals surface area contributed by atoms with Crippen molar-refractivity contribution in [2.75, 3.05) is 7.11 Å². The molecule has 3 rings (SSSR count). The van der Waals surface area contributed by atoms with Gasteiger partial charge in [0.25, 0.3) is 5.91 Å². The standard InChI is InChI=1S/C19H22N2O4/c1-13(9-10-14-6-5-11-24-14)20-19(22)18-12-16(21-25-18)15-7-3-4-8-17(15)23-2/h3-8,11,13,18H,9-10,12H2,1-2H3,(H,20,22)/t13-,18+/m1/s1. The molecule has 1 aliphatic heterocycles. The van der Waals surface area contributed by atoms with E-state index in [1.165, 1.54) is 0 Å². The van der Waals surface area contributed by atoms with Crippen molar-refractivity contribution in [3.8, 4) is 5.75 Å². The van der Waals surface area contributed by atoms with Crippen LogP contribution in [0, 0.1) is 0 Å². The lowest BCUT2D eigenvalue weighted by atomic mass is 10.0. The van der Waals surface area contributed by atoms with Crippen molar-refractivity contribution in [2.24, 2.45) is 5.16 Å². The molecule has 1 N–H and O–H groups in total. The molecule has 1 aromatic carbocycles. The number of hydrogen-bond donors (Lipinski definition) is 1. The minimum absolute atomic E-state index is 0.0245. The third-order valence-electron chi connectivity index (χ3n) is 4.17. The molecule has 0 saturated heterocycles. The quantitative estimate of drug-likeness (QED) is 0.840. The second kappa shape index (κ2) is 7.88. The van der Waals surface area contributed by atoms with E-state index in [2.05, 4.69) is 10.5 Å². The Morgan fingerprint density at radius 3 is 2.96 bits per heavy atom. The zero-order chi connectivity index (χ0) is 17.6. The molecule has 0 fully saturated rings. The number of methoxy groups -OCH3 is 1. The monoisotopic (exact) mass is 342 g/mol. The van der Waals surface area contributed by atoms with E-state index < -0.39 is 6.10 Å². The Morgan fingerprint density at radius 2 is 2.20 bits per heavy atom. The van der Waals surface area contributed by atoms with E-state index in [1.807, 2.05) is 43.3 Å². The first kappa shape index (κ1) is 17.1. The fourth-order valence-electron chi connectivity index (χ4n) is 2.78. The summed E-state index contributed by atoms with van der Waals surface area (Å²) < 4.78 is 10.6. The molecule has 6 nitrogen and oxygen atoms in total. The molecule has 0 radical (unpaired) electrons. The lowest BCUT2D eigenvalue weighted by Gasteiger charge is -2.15. The maximum absolute atomic E-state index is 12.4. The molecule has 0 bridgehead atoms. The van der Waals surface area contributed by atoms with Crippen LogP contribution in [0.25, 0.3) is 0 Å². The van der Waals surface area contributed by atoms with Crippen molar-refractivity contribution in [1.29, 1.82) is 0 Å². The highest BCUT2D eigenvalue weighted by molar-refractivity contribution is 6.05. The van der Waals surface area contributed by atoms with Crippen LogP contribution in [0.4, 0.5) is 0 Å². The first-order chi connectivity index (χ1) is 12.2. The smallest absolute Gasteiger partial charge is 0.264 e. The van der Waals surface area contributed by atoms with E-state index >= 15 is 0 Å². The maximum atomic E-state index is 12.4. The predicted molar refractivity (Wildman–Crippen MR) is 93.7 cm³/mol. The lowest BCUT2D eigenvalue weighted by molar-refractivity contribution is -0.131. The van der Waals surface area contributed by atoms with Crippen LogP contribution in [0.1, 0.15) is 31.1 Å². The number of benzene rings is 1. The molecule has 0 unspecified atom stereocenters. The molecule has 25 heavy (non-hydrogen) atoms. The number of carbonyl (C=O) groups excluding carboxylic acids is 1. The summed E-state index contributed by atoms with van der Waals surface area (Å²) in [5, 5.41) is 7.05. The van der Waals surface area contributed by atoms with Gasteiger partial charge in [0, 0.05) is 24.4 Å². The number of aryl methyl sites for hydroxylation is 1. The van der Waals surface area contributed by atoms with E-state index in [0.29, 0.717) is 6.42 Å². The average molecular weight is 342 g/mol. The molecule has 0 saturated carbocycles. The maximum Gasteiger partial charge on any atom is 0.264 e. The van der Waals surface area contributed by atoms with Gasteiger partial charge in [0.1, 0.15) is 11.5 Å². The zero-order valence-electron chi connectivity index (χ0n) is 14.4. The van der Waals surface area contributed by atoms with Crippen LogP contribution in [-0.4, -0.2) is 30.9 Å². The van der Waals surface area contributed by atoms with Crippen LogP contribution in [0.2, 0.25) is 0 Å².